The maximum atomic E-state index is 6.57. The second kappa shape index (κ2) is 5.06. The molecule has 0 aliphatic carbocycles. The minimum Gasteiger partial charge on any atom is -0.318 e. The molecule has 1 aromatic heterocycles. The van der Waals surface area contributed by atoms with Crippen LogP contribution in [0.15, 0.2) is 49.1 Å². The van der Waals surface area contributed by atoms with Gasteiger partial charge in [0.1, 0.15) is 6.33 Å². The number of hydrogen-bond donors (Lipinski definition) is 1. The van der Waals surface area contributed by atoms with E-state index in [9.17, 15) is 0 Å². The molecule has 0 radical (unpaired) electrons. The Labute approximate surface area is 102 Å². The third-order valence-electron chi connectivity index (χ3n) is 3.01. The van der Waals surface area contributed by atoms with Crippen molar-refractivity contribution in [3.8, 4) is 0 Å². The highest BCUT2D eigenvalue weighted by atomic mass is 14.8. The summed E-state index contributed by atoms with van der Waals surface area (Å²) in [6, 6.07) is 10.1. The highest BCUT2D eigenvalue weighted by Crippen LogP contribution is 2.30. The lowest BCUT2D eigenvalue weighted by atomic mass is 9.82. The van der Waals surface area contributed by atoms with Crippen molar-refractivity contribution in [3.63, 3.8) is 0 Å². The van der Waals surface area contributed by atoms with Gasteiger partial charge in [0.25, 0.3) is 0 Å². The van der Waals surface area contributed by atoms with Crippen molar-refractivity contribution in [1.82, 2.24) is 9.97 Å². The lowest BCUT2D eigenvalue weighted by molar-refractivity contribution is 0.481. The summed E-state index contributed by atoms with van der Waals surface area (Å²) >= 11 is 0. The first-order valence-electron chi connectivity index (χ1n) is 5.87. The average molecular weight is 227 g/mol. The molecular weight excluding hydrogens is 210 g/mol. The number of nitrogens with zero attached hydrogens (tertiary/aromatic N) is 2. The molecule has 0 aliphatic rings. The minimum absolute atomic E-state index is 0.489. The Kier molecular flexibility index (Phi) is 3.49. The Hall–Kier alpha value is -1.74. The van der Waals surface area contributed by atoms with Crippen LogP contribution in [-0.2, 0) is 5.54 Å². The fraction of sp³-hybridized carbons (Fsp3) is 0.286. The first-order chi connectivity index (χ1) is 8.27. The van der Waals surface area contributed by atoms with Crippen LogP contribution in [0.5, 0.6) is 0 Å². The Bertz CT molecular complexity index is 414. The van der Waals surface area contributed by atoms with Gasteiger partial charge in [-0.05, 0) is 12.0 Å². The monoisotopic (exact) mass is 227 g/mol. The Morgan fingerprint density at radius 1 is 1.06 bits per heavy atom. The van der Waals surface area contributed by atoms with Crippen LogP contribution in [0, 0.1) is 0 Å². The summed E-state index contributed by atoms with van der Waals surface area (Å²) in [7, 11) is 0. The van der Waals surface area contributed by atoms with E-state index >= 15 is 0 Å². The molecule has 0 saturated heterocycles. The van der Waals surface area contributed by atoms with Crippen LogP contribution >= 0.6 is 0 Å². The van der Waals surface area contributed by atoms with Crippen LogP contribution in [0.3, 0.4) is 0 Å². The van der Waals surface area contributed by atoms with Gasteiger partial charge >= 0.3 is 0 Å². The van der Waals surface area contributed by atoms with Crippen LogP contribution < -0.4 is 5.73 Å². The maximum absolute atomic E-state index is 6.57. The van der Waals surface area contributed by atoms with Gasteiger partial charge in [-0.25, -0.2) is 9.97 Å². The van der Waals surface area contributed by atoms with E-state index in [4.69, 9.17) is 5.73 Å². The number of rotatable bonds is 4. The van der Waals surface area contributed by atoms with Gasteiger partial charge in [0.05, 0.1) is 5.54 Å². The topological polar surface area (TPSA) is 51.8 Å². The van der Waals surface area contributed by atoms with Crippen molar-refractivity contribution in [2.24, 2.45) is 5.73 Å². The van der Waals surface area contributed by atoms with E-state index in [-0.39, 0.29) is 0 Å². The Morgan fingerprint density at radius 3 is 2.29 bits per heavy atom. The highest BCUT2D eigenvalue weighted by molar-refractivity contribution is 5.35. The lowest BCUT2D eigenvalue weighted by Gasteiger charge is -2.29. The van der Waals surface area contributed by atoms with Gasteiger partial charge in [0.2, 0.25) is 0 Å². The summed E-state index contributed by atoms with van der Waals surface area (Å²) in [5.41, 5.74) is 8.16. The zero-order valence-electron chi connectivity index (χ0n) is 10.0. The largest absolute Gasteiger partial charge is 0.318 e. The molecule has 2 aromatic rings. The van der Waals surface area contributed by atoms with E-state index in [1.54, 1.807) is 12.4 Å². The predicted octanol–water partition coefficient (Wildman–Crippen LogP) is 2.48. The zero-order chi connectivity index (χ0) is 12.1. The minimum atomic E-state index is -0.489. The van der Waals surface area contributed by atoms with E-state index < -0.39 is 5.54 Å². The second-order valence-electron chi connectivity index (χ2n) is 4.21. The van der Waals surface area contributed by atoms with E-state index in [1.807, 2.05) is 18.2 Å². The predicted molar refractivity (Wildman–Crippen MR) is 68.3 cm³/mol. The molecule has 88 valence electrons. The summed E-state index contributed by atoms with van der Waals surface area (Å²) in [4.78, 5) is 8.13. The third kappa shape index (κ3) is 2.34. The van der Waals surface area contributed by atoms with Crippen molar-refractivity contribution in [1.29, 1.82) is 0 Å². The Morgan fingerprint density at radius 2 is 1.71 bits per heavy atom. The molecule has 0 aliphatic heterocycles. The van der Waals surface area contributed by atoms with Gasteiger partial charge in [-0.1, -0.05) is 43.7 Å². The van der Waals surface area contributed by atoms with Crippen molar-refractivity contribution in [2.75, 3.05) is 0 Å². The van der Waals surface area contributed by atoms with Crippen molar-refractivity contribution >= 4 is 0 Å². The third-order valence-corrected chi connectivity index (χ3v) is 3.01. The van der Waals surface area contributed by atoms with Crippen LogP contribution in [0.4, 0.5) is 0 Å². The van der Waals surface area contributed by atoms with Gasteiger partial charge in [-0.3, -0.25) is 0 Å². The van der Waals surface area contributed by atoms with E-state index in [0.29, 0.717) is 0 Å². The molecule has 0 fully saturated rings. The second-order valence-corrected chi connectivity index (χ2v) is 4.21. The molecular formula is C14H17N3. The summed E-state index contributed by atoms with van der Waals surface area (Å²) in [6.45, 7) is 2.13. The summed E-state index contributed by atoms with van der Waals surface area (Å²) in [5.74, 6) is 0. The fourth-order valence-corrected chi connectivity index (χ4v) is 2.11. The number of aromatic nitrogens is 2. The molecule has 3 nitrogen and oxygen atoms in total. The smallest absolute Gasteiger partial charge is 0.115 e. The molecule has 17 heavy (non-hydrogen) atoms. The molecule has 0 saturated carbocycles. The Balaban J connectivity index is 2.47. The standard InChI is InChI=1S/C14H17N3/c1-2-8-14(15,12-6-4-3-5-7-12)13-9-16-11-17-10-13/h3-7,9-11H,2,8,15H2,1H3. The van der Waals surface area contributed by atoms with Gasteiger partial charge in [0.15, 0.2) is 0 Å². The lowest BCUT2D eigenvalue weighted by Crippen LogP contribution is -2.38. The summed E-state index contributed by atoms with van der Waals surface area (Å²) in [6.07, 6.45) is 7.02. The highest BCUT2D eigenvalue weighted by Gasteiger charge is 2.28. The first-order valence-corrected chi connectivity index (χ1v) is 5.87. The van der Waals surface area contributed by atoms with E-state index in [0.717, 1.165) is 24.0 Å². The van der Waals surface area contributed by atoms with E-state index in [1.165, 1.54) is 6.33 Å². The molecule has 3 heteroatoms. The zero-order valence-corrected chi connectivity index (χ0v) is 10.0. The molecule has 1 aromatic carbocycles. The summed E-state index contributed by atoms with van der Waals surface area (Å²) in [5, 5.41) is 0. The van der Waals surface area contributed by atoms with Crippen LogP contribution in [0.25, 0.3) is 0 Å². The molecule has 1 atom stereocenters. The quantitative estimate of drug-likeness (QED) is 0.873. The van der Waals surface area contributed by atoms with Crippen molar-refractivity contribution in [2.45, 2.75) is 25.3 Å². The fourth-order valence-electron chi connectivity index (χ4n) is 2.11. The van der Waals surface area contributed by atoms with Crippen molar-refractivity contribution in [3.05, 3.63) is 60.2 Å². The number of benzene rings is 1. The average Bonchev–Trinajstić information content (AvgIpc) is 2.41. The molecule has 0 spiro atoms. The van der Waals surface area contributed by atoms with Crippen LogP contribution in [0.1, 0.15) is 30.9 Å². The summed E-state index contributed by atoms with van der Waals surface area (Å²) < 4.78 is 0. The first kappa shape index (κ1) is 11.7. The molecule has 0 amide bonds. The number of nitrogens with two attached hydrogens (primary N) is 1. The maximum Gasteiger partial charge on any atom is 0.115 e. The number of hydrogen-bond acceptors (Lipinski definition) is 3. The van der Waals surface area contributed by atoms with Gasteiger partial charge in [-0.15, -0.1) is 0 Å². The van der Waals surface area contributed by atoms with Gasteiger partial charge in [0, 0.05) is 18.0 Å². The van der Waals surface area contributed by atoms with Crippen LogP contribution in [0.2, 0.25) is 0 Å². The van der Waals surface area contributed by atoms with Crippen LogP contribution in [-0.4, -0.2) is 9.97 Å². The molecule has 1 unspecified atom stereocenters. The van der Waals surface area contributed by atoms with Gasteiger partial charge in [-0.2, -0.15) is 0 Å². The SMILES string of the molecule is CCCC(N)(c1ccccc1)c1cncnc1. The van der Waals surface area contributed by atoms with Gasteiger partial charge < -0.3 is 5.73 Å². The molecule has 0 bridgehead atoms. The van der Waals surface area contributed by atoms with Crippen molar-refractivity contribution < 1.29 is 0 Å². The molecule has 2 rings (SSSR count). The molecule has 2 N–H and O–H groups in total. The normalized spacial score (nSPS) is 14.2. The molecule has 1 heterocycles. The van der Waals surface area contributed by atoms with E-state index in [2.05, 4.69) is 29.0 Å².